The van der Waals surface area contributed by atoms with Crippen molar-refractivity contribution in [3.8, 4) is 5.75 Å². The van der Waals surface area contributed by atoms with Crippen LogP contribution in [0.5, 0.6) is 5.75 Å². The fraction of sp³-hybridized carbons (Fsp3) is 0.591. The number of guanidine groups is 1. The van der Waals surface area contributed by atoms with Crippen molar-refractivity contribution in [2.75, 3.05) is 46.5 Å². The number of aryl methyl sites for hydroxylation is 2. The smallest absolute Gasteiger partial charge is 0.191 e. The second-order valence-corrected chi connectivity index (χ2v) is 7.83. The first-order valence-electron chi connectivity index (χ1n) is 10.9. The fourth-order valence-electron chi connectivity index (χ4n) is 3.48. The normalized spacial score (nSPS) is 15.2. The van der Waals surface area contributed by atoms with Crippen LogP contribution in [0.25, 0.3) is 0 Å². The van der Waals surface area contributed by atoms with Crippen molar-refractivity contribution in [1.82, 2.24) is 30.3 Å². The molecule has 1 aliphatic heterocycles. The van der Waals surface area contributed by atoms with E-state index in [9.17, 15) is 0 Å². The molecule has 1 fully saturated rings. The highest BCUT2D eigenvalue weighted by molar-refractivity contribution is 5.79. The van der Waals surface area contributed by atoms with E-state index in [1.54, 1.807) is 7.11 Å². The molecule has 1 aromatic carbocycles. The van der Waals surface area contributed by atoms with Crippen molar-refractivity contribution in [1.29, 1.82) is 0 Å². The Labute approximate surface area is 184 Å². The third-order valence-electron chi connectivity index (χ3n) is 5.41. The predicted octanol–water partition coefficient (Wildman–Crippen LogP) is 1.40. The summed E-state index contributed by atoms with van der Waals surface area (Å²) >= 11 is 0. The van der Waals surface area contributed by atoms with Crippen LogP contribution in [0.1, 0.15) is 29.2 Å². The number of hydrogen-bond donors (Lipinski definition) is 2. The molecule has 2 N–H and O–H groups in total. The standard InChI is InChI=1S/C22H35N7O2/c1-17-12-19(14-20(13-17)30-4)15-24-22(25-16-21-27-26-18(2)28(21)3)23-6-5-7-29-8-10-31-11-9-29/h12-14H,5-11,15-16H2,1-4H3,(H2,23,24,25). The first-order valence-corrected chi connectivity index (χ1v) is 10.9. The van der Waals surface area contributed by atoms with Crippen LogP contribution in [-0.4, -0.2) is 72.1 Å². The Morgan fingerprint density at radius 2 is 1.97 bits per heavy atom. The first-order chi connectivity index (χ1) is 15.0. The molecule has 0 amide bonds. The monoisotopic (exact) mass is 429 g/mol. The molecule has 0 spiro atoms. The highest BCUT2D eigenvalue weighted by atomic mass is 16.5. The molecular weight excluding hydrogens is 394 g/mol. The summed E-state index contributed by atoms with van der Waals surface area (Å²) < 4.78 is 12.8. The molecule has 0 bridgehead atoms. The number of methoxy groups -OCH3 is 1. The number of benzene rings is 1. The zero-order valence-corrected chi connectivity index (χ0v) is 19.1. The summed E-state index contributed by atoms with van der Waals surface area (Å²) in [5.41, 5.74) is 2.27. The van der Waals surface area contributed by atoms with Crippen LogP contribution < -0.4 is 15.4 Å². The zero-order valence-electron chi connectivity index (χ0n) is 19.1. The van der Waals surface area contributed by atoms with Crippen molar-refractivity contribution in [2.45, 2.75) is 33.4 Å². The summed E-state index contributed by atoms with van der Waals surface area (Å²) in [5, 5.41) is 15.2. The van der Waals surface area contributed by atoms with Gasteiger partial charge in [-0.15, -0.1) is 10.2 Å². The highest BCUT2D eigenvalue weighted by Crippen LogP contribution is 2.17. The number of nitrogens with one attached hydrogen (secondary N) is 2. The van der Waals surface area contributed by atoms with Crippen molar-refractivity contribution in [3.63, 3.8) is 0 Å². The Morgan fingerprint density at radius 1 is 1.16 bits per heavy atom. The molecule has 9 heteroatoms. The Hall–Kier alpha value is -2.65. The fourth-order valence-corrected chi connectivity index (χ4v) is 3.48. The summed E-state index contributed by atoms with van der Waals surface area (Å²) in [7, 11) is 3.66. The molecule has 170 valence electrons. The molecule has 0 unspecified atom stereocenters. The second kappa shape index (κ2) is 11.7. The Morgan fingerprint density at radius 3 is 2.68 bits per heavy atom. The summed E-state index contributed by atoms with van der Waals surface area (Å²) in [5.74, 6) is 3.38. The van der Waals surface area contributed by atoms with E-state index in [-0.39, 0.29) is 0 Å². The van der Waals surface area contributed by atoms with Gasteiger partial charge in [-0.05, 0) is 50.1 Å². The van der Waals surface area contributed by atoms with Crippen LogP contribution >= 0.6 is 0 Å². The molecule has 3 rings (SSSR count). The maximum Gasteiger partial charge on any atom is 0.191 e. The molecule has 0 radical (unpaired) electrons. The van der Waals surface area contributed by atoms with Gasteiger partial charge < -0.3 is 24.7 Å². The van der Waals surface area contributed by atoms with Gasteiger partial charge in [0.05, 0.1) is 33.4 Å². The van der Waals surface area contributed by atoms with Crippen LogP contribution in [0.3, 0.4) is 0 Å². The van der Waals surface area contributed by atoms with Gasteiger partial charge in [-0.2, -0.15) is 0 Å². The van der Waals surface area contributed by atoms with E-state index in [1.807, 2.05) is 30.7 Å². The lowest BCUT2D eigenvalue weighted by molar-refractivity contribution is 0.0376. The number of aliphatic imine (C=N–C) groups is 1. The second-order valence-electron chi connectivity index (χ2n) is 7.83. The van der Waals surface area contributed by atoms with Gasteiger partial charge in [0.25, 0.3) is 0 Å². The minimum Gasteiger partial charge on any atom is -0.497 e. The van der Waals surface area contributed by atoms with Crippen LogP contribution in [0, 0.1) is 13.8 Å². The molecule has 0 aliphatic carbocycles. The molecular formula is C22H35N7O2. The van der Waals surface area contributed by atoms with Gasteiger partial charge in [0.1, 0.15) is 11.6 Å². The van der Waals surface area contributed by atoms with E-state index in [1.165, 1.54) is 0 Å². The minimum absolute atomic E-state index is 0.559. The molecule has 2 aromatic rings. The van der Waals surface area contributed by atoms with Crippen LogP contribution in [0.4, 0.5) is 0 Å². The average molecular weight is 430 g/mol. The SMILES string of the molecule is COc1cc(C)cc(CN=C(NCCCN2CCOCC2)NCc2nnc(C)n2C)c1. The lowest BCUT2D eigenvalue weighted by Crippen LogP contribution is -2.40. The number of rotatable bonds is 9. The third kappa shape index (κ3) is 7.22. The molecule has 9 nitrogen and oxygen atoms in total. The summed E-state index contributed by atoms with van der Waals surface area (Å²) in [6.07, 6.45) is 1.04. The van der Waals surface area contributed by atoms with E-state index in [0.717, 1.165) is 80.3 Å². The molecule has 0 atom stereocenters. The number of aromatic nitrogens is 3. The maximum atomic E-state index is 5.42. The van der Waals surface area contributed by atoms with Crippen molar-refractivity contribution in [3.05, 3.63) is 41.0 Å². The van der Waals surface area contributed by atoms with Crippen molar-refractivity contribution in [2.24, 2.45) is 12.0 Å². The van der Waals surface area contributed by atoms with Gasteiger partial charge >= 0.3 is 0 Å². The number of nitrogens with zero attached hydrogens (tertiary/aromatic N) is 5. The van der Waals surface area contributed by atoms with Crippen LogP contribution in [0.2, 0.25) is 0 Å². The van der Waals surface area contributed by atoms with Crippen LogP contribution in [0.15, 0.2) is 23.2 Å². The molecule has 1 aromatic heterocycles. The van der Waals surface area contributed by atoms with Gasteiger partial charge in [-0.3, -0.25) is 4.90 Å². The maximum absolute atomic E-state index is 5.42. The summed E-state index contributed by atoms with van der Waals surface area (Å²) in [6.45, 7) is 10.7. The zero-order chi connectivity index (χ0) is 22.1. The van der Waals surface area contributed by atoms with Gasteiger partial charge in [-0.1, -0.05) is 6.07 Å². The number of morpholine rings is 1. The van der Waals surface area contributed by atoms with E-state index >= 15 is 0 Å². The topological polar surface area (TPSA) is 88.8 Å². The van der Waals surface area contributed by atoms with Crippen molar-refractivity contribution >= 4 is 5.96 Å². The molecule has 1 saturated heterocycles. The summed E-state index contributed by atoms with van der Waals surface area (Å²) in [4.78, 5) is 7.24. The minimum atomic E-state index is 0.559. The largest absolute Gasteiger partial charge is 0.497 e. The van der Waals surface area contributed by atoms with Gasteiger partial charge in [0.15, 0.2) is 11.8 Å². The van der Waals surface area contributed by atoms with Gasteiger partial charge in [-0.25, -0.2) is 4.99 Å². The Bertz CT molecular complexity index is 860. The van der Waals surface area contributed by atoms with Crippen LogP contribution in [-0.2, 0) is 24.9 Å². The van der Waals surface area contributed by atoms with E-state index in [0.29, 0.717) is 13.1 Å². The Balaban J connectivity index is 1.59. The predicted molar refractivity (Wildman–Crippen MR) is 121 cm³/mol. The first kappa shape index (κ1) is 23.0. The molecule has 31 heavy (non-hydrogen) atoms. The van der Waals surface area contributed by atoms with E-state index in [4.69, 9.17) is 14.5 Å². The van der Waals surface area contributed by atoms with Gasteiger partial charge in [0, 0.05) is 26.7 Å². The highest BCUT2D eigenvalue weighted by Gasteiger charge is 2.10. The quantitative estimate of drug-likeness (QED) is 0.354. The van der Waals surface area contributed by atoms with E-state index < -0.39 is 0 Å². The molecule has 0 saturated carbocycles. The third-order valence-corrected chi connectivity index (χ3v) is 5.41. The van der Waals surface area contributed by atoms with Gasteiger partial charge in [0.2, 0.25) is 0 Å². The molecule has 1 aliphatic rings. The van der Waals surface area contributed by atoms with Crippen molar-refractivity contribution < 1.29 is 9.47 Å². The number of ether oxygens (including phenoxy) is 2. The number of hydrogen-bond acceptors (Lipinski definition) is 6. The Kier molecular flexibility index (Phi) is 8.66. The molecule has 2 heterocycles. The van der Waals surface area contributed by atoms with E-state index in [2.05, 4.69) is 38.7 Å². The lowest BCUT2D eigenvalue weighted by Gasteiger charge is -2.26. The average Bonchev–Trinajstić information content (AvgIpc) is 3.10. The lowest BCUT2D eigenvalue weighted by atomic mass is 10.1. The summed E-state index contributed by atoms with van der Waals surface area (Å²) in [6, 6.07) is 6.18.